The van der Waals surface area contributed by atoms with Gasteiger partial charge in [-0.25, -0.2) is 4.68 Å². The minimum absolute atomic E-state index is 0.0950. The predicted octanol–water partition coefficient (Wildman–Crippen LogP) is 4.32. The van der Waals surface area contributed by atoms with Gasteiger partial charge in [-0.15, -0.1) is 5.10 Å². The van der Waals surface area contributed by atoms with Crippen LogP contribution in [0.5, 0.6) is 0 Å². The van der Waals surface area contributed by atoms with E-state index in [0.29, 0.717) is 6.04 Å². The van der Waals surface area contributed by atoms with E-state index in [4.69, 9.17) is 0 Å². The maximum atomic E-state index is 4.56. The molecule has 162 valence electrons. The summed E-state index contributed by atoms with van der Waals surface area (Å²) in [6, 6.07) is 17.9. The first kappa shape index (κ1) is 20.2. The second kappa shape index (κ2) is 8.79. The van der Waals surface area contributed by atoms with Crippen LogP contribution in [0.2, 0.25) is 0 Å². The quantitative estimate of drug-likeness (QED) is 0.620. The van der Waals surface area contributed by atoms with Gasteiger partial charge in [0.05, 0.1) is 12.1 Å². The van der Waals surface area contributed by atoms with Gasteiger partial charge in [0.2, 0.25) is 0 Å². The van der Waals surface area contributed by atoms with Gasteiger partial charge in [-0.05, 0) is 59.9 Å². The van der Waals surface area contributed by atoms with E-state index in [0.717, 1.165) is 32.0 Å². The number of aryl methyl sites for hydroxylation is 1. The Kier molecular flexibility index (Phi) is 5.72. The molecule has 0 bridgehead atoms. The Hall–Kier alpha value is -2.73. The SMILES string of the molecule is Cc1cccc(N2CCN([C@@H](c3ccccc3)c3nnnn3C3CCCC3)CC2)c1C. The molecule has 3 aromatic rings. The molecule has 0 N–H and O–H groups in total. The van der Waals surface area contributed by atoms with E-state index in [1.165, 1.54) is 48.1 Å². The highest BCUT2D eigenvalue weighted by Gasteiger charge is 2.33. The van der Waals surface area contributed by atoms with Crippen LogP contribution in [0.3, 0.4) is 0 Å². The lowest BCUT2D eigenvalue weighted by Crippen LogP contribution is -2.48. The zero-order valence-corrected chi connectivity index (χ0v) is 18.6. The largest absolute Gasteiger partial charge is 0.369 e. The summed E-state index contributed by atoms with van der Waals surface area (Å²) >= 11 is 0. The van der Waals surface area contributed by atoms with Crippen molar-refractivity contribution in [1.82, 2.24) is 25.1 Å². The molecule has 2 heterocycles. The normalized spacial score (nSPS) is 19.1. The Morgan fingerprint density at radius 1 is 0.871 bits per heavy atom. The van der Waals surface area contributed by atoms with Crippen LogP contribution in [0, 0.1) is 13.8 Å². The number of hydrogen-bond acceptors (Lipinski definition) is 5. The Bertz CT molecular complexity index is 1000. The molecule has 1 aliphatic carbocycles. The molecule has 1 atom stereocenters. The number of hydrogen-bond donors (Lipinski definition) is 0. The second-order valence-electron chi connectivity index (χ2n) is 8.98. The van der Waals surface area contributed by atoms with Crippen molar-refractivity contribution in [1.29, 1.82) is 0 Å². The highest BCUT2D eigenvalue weighted by Crippen LogP contribution is 2.35. The first-order chi connectivity index (χ1) is 15.2. The van der Waals surface area contributed by atoms with Crippen molar-refractivity contribution in [2.75, 3.05) is 31.1 Å². The third-order valence-electron chi connectivity index (χ3n) is 7.14. The number of anilines is 1. The zero-order chi connectivity index (χ0) is 21.2. The fourth-order valence-electron chi connectivity index (χ4n) is 5.25. The van der Waals surface area contributed by atoms with Crippen molar-refractivity contribution in [2.45, 2.75) is 51.6 Å². The van der Waals surface area contributed by atoms with Crippen LogP contribution in [-0.4, -0.2) is 51.3 Å². The summed E-state index contributed by atoms with van der Waals surface area (Å²) < 4.78 is 2.13. The molecule has 0 amide bonds. The topological polar surface area (TPSA) is 50.1 Å². The molecular weight excluding hydrogens is 384 g/mol. The Labute approximate surface area is 184 Å². The molecule has 5 rings (SSSR count). The molecule has 2 aliphatic rings. The minimum Gasteiger partial charge on any atom is -0.369 e. The number of benzene rings is 2. The van der Waals surface area contributed by atoms with E-state index < -0.39 is 0 Å². The highest BCUT2D eigenvalue weighted by molar-refractivity contribution is 5.56. The summed E-state index contributed by atoms with van der Waals surface area (Å²) in [5.41, 5.74) is 5.39. The van der Waals surface area contributed by atoms with Crippen LogP contribution in [0.15, 0.2) is 48.5 Å². The molecule has 1 aromatic heterocycles. The minimum atomic E-state index is 0.0950. The molecule has 31 heavy (non-hydrogen) atoms. The molecule has 1 aliphatic heterocycles. The second-order valence-corrected chi connectivity index (χ2v) is 8.98. The zero-order valence-electron chi connectivity index (χ0n) is 18.6. The molecule has 1 saturated carbocycles. The average Bonchev–Trinajstić information content (AvgIpc) is 3.49. The van der Waals surface area contributed by atoms with Gasteiger partial charge in [0.25, 0.3) is 0 Å². The molecular formula is C25H32N6. The van der Waals surface area contributed by atoms with Gasteiger partial charge in [-0.3, -0.25) is 4.90 Å². The van der Waals surface area contributed by atoms with Crippen LogP contribution in [0.4, 0.5) is 5.69 Å². The van der Waals surface area contributed by atoms with Gasteiger partial charge in [-0.2, -0.15) is 0 Å². The summed E-state index contributed by atoms with van der Waals surface area (Å²) in [7, 11) is 0. The third-order valence-corrected chi connectivity index (χ3v) is 7.14. The summed E-state index contributed by atoms with van der Waals surface area (Å²) in [6.45, 7) is 8.44. The van der Waals surface area contributed by atoms with Gasteiger partial charge in [0, 0.05) is 31.9 Å². The van der Waals surface area contributed by atoms with Gasteiger partial charge >= 0.3 is 0 Å². The molecule has 6 nitrogen and oxygen atoms in total. The number of rotatable bonds is 5. The van der Waals surface area contributed by atoms with Crippen LogP contribution in [-0.2, 0) is 0 Å². The van der Waals surface area contributed by atoms with Crippen molar-refractivity contribution < 1.29 is 0 Å². The standard InChI is InChI=1S/C25H32N6/c1-19-9-8-14-23(20(19)2)29-15-17-30(18-16-29)24(21-10-4-3-5-11-21)25-26-27-28-31(25)22-12-6-7-13-22/h3-5,8-11,14,22,24H,6-7,12-13,15-18H2,1-2H3/t24-/m0/s1. The fourth-order valence-corrected chi connectivity index (χ4v) is 5.25. The third kappa shape index (κ3) is 3.97. The van der Waals surface area contributed by atoms with E-state index in [9.17, 15) is 0 Å². The van der Waals surface area contributed by atoms with Gasteiger partial charge in [-0.1, -0.05) is 55.3 Å². The van der Waals surface area contributed by atoms with Crippen molar-refractivity contribution in [3.05, 3.63) is 71.0 Å². The van der Waals surface area contributed by atoms with E-state index in [-0.39, 0.29) is 6.04 Å². The Morgan fingerprint density at radius 2 is 1.61 bits per heavy atom. The van der Waals surface area contributed by atoms with Crippen LogP contribution >= 0.6 is 0 Å². The van der Waals surface area contributed by atoms with E-state index in [1.54, 1.807) is 0 Å². The Morgan fingerprint density at radius 3 is 2.35 bits per heavy atom. The lowest BCUT2D eigenvalue weighted by Gasteiger charge is -2.40. The number of tetrazole rings is 1. The lowest BCUT2D eigenvalue weighted by atomic mass is 10.0. The van der Waals surface area contributed by atoms with Crippen molar-refractivity contribution in [3.63, 3.8) is 0 Å². The smallest absolute Gasteiger partial charge is 0.173 e. The molecule has 2 fully saturated rings. The van der Waals surface area contributed by atoms with Gasteiger partial charge in [0.15, 0.2) is 5.82 Å². The molecule has 1 saturated heterocycles. The molecule has 0 spiro atoms. The summed E-state index contributed by atoms with van der Waals surface area (Å²) in [5.74, 6) is 0.998. The highest BCUT2D eigenvalue weighted by atomic mass is 15.6. The van der Waals surface area contributed by atoms with Crippen LogP contribution in [0.25, 0.3) is 0 Å². The summed E-state index contributed by atoms with van der Waals surface area (Å²) in [4.78, 5) is 5.09. The van der Waals surface area contributed by atoms with Crippen molar-refractivity contribution in [3.8, 4) is 0 Å². The van der Waals surface area contributed by atoms with Crippen molar-refractivity contribution >= 4 is 5.69 Å². The predicted molar refractivity (Wildman–Crippen MR) is 123 cm³/mol. The summed E-state index contributed by atoms with van der Waals surface area (Å²) in [6.07, 6.45) is 4.91. The number of aromatic nitrogens is 4. The van der Waals surface area contributed by atoms with Gasteiger partial charge in [0.1, 0.15) is 0 Å². The van der Waals surface area contributed by atoms with Gasteiger partial charge < -0.3 is 4.90 Å². The first-order valence-electron chi connectivity index (χ1n) is 11.6. The lowest BCUT2D eigenvalue weighted by molar-refractivity contribution is 0.197. The first-order valence-corrected chi connectivity index (χ1v) is 11.6. The van der Waals surface area contributed by atoms with E-state index >= 15 is 0 Å². The summed E-state index contributed by atoms with van der Waals surface area (Å²) in [5, 5.41) is 13.1. The number of piperazine rings is 1. The van der Waals surface area contributed by atoms with Crippen LogP contribution < -0.4 is 4.90 Å². The van der Waals surface area contributed by atoms with Crippen molar-refractivity contribution in [2.24, 2.45) is 0 Å². The maximum absolute atomic E-state index is 4.56. The monoisotopic (exact) mass is 416 g/mol. The van der Waals surface area contributed by atoms with E-state index in [1.807, 2.05) is 0 Å². The molecule has 6 heteroatoms. The maximum Gasteiger partial charge on any atom is 0.173 e. The fraction of sp³-hybridized carbons (Fsp3) is 0.480. The molecule has 0 radical (unpaired) electrons. The van der Waals surface area contributed by atoms with E-state index in [2.05, 4.69) is 92.4 Å². The number of nitrogens with zero attached hydrogens (tertiary/aromatic N) is 6. The molecule has 2 aromatic carbocycles. The average molecular weight is 417 g/mol. The molecule has 0 unspecified atom stereocenters. The Balaban J connectivity index is 1.42. The van der Waals surface area contributed by atoms with Crippen LogP contribution in [0.1, 0.15) is 60.3 Å².